The molecule has 2 aromatic rings. The Bertz CT molecular complexity index is 771. The highest BCUT2D eigenvalue weighted by atomic mass is 32.2. The first-order valence-corrected chi connectivity index (χ1v) is 7.93. The van der Waals surface area contributed by atoms with Crippen LogP contribution in [0.25, 0.3) is 0 Å². The molecule has 2 heterocycles. The number of phenols is 1. The molecule has 3 rings (SSSR count). The highest BCUT2D eigenvalue weighted by Gasteiger charge is 2.30. The van der Waals surface area contributed by atoms with Crippen LogP contribution in [-0.4, -0.2) is 26.7 Å². The summed E-state index contributed by atoms with van der Waals surface area (Å²) in [4.78, 5) is 31.4. The molecule has 0 bridgehead atoms. The number of aromatic nitrogens is 2. The molecular formula is C15H15N3O3S. The van der Waals surface area contributed by atoms with E-state index in [9.17, 15) is 14.7 Å². The summed E-state index contributed by atoms with van der Waals surface area (Å²) in [6.45, 7) is 1.96. The summed E-state index contributed by atoms with van der Waals surface area (Å²) in [5, 5.41) is 12.6. The van der Waals surface area contributed by atoms with E-state index in [1.54, 1.807) is 24.3 Å². The summed E-state index contributed by atoms with van der Waals surface area (Å²) < 4.78 is 0. The van der Waals surface area contributed by atoms with Crippen molar-refractivity contribution in [2.75, 3.05) is 11.1 Å². The molecule has 1 aromatic heterocycles. The zero-order chi connectivity index (χ0) is 15.7. The molecule has 0 saturated carbocycles. The third-order valence-electron chi connectivity index (χ3n) is 3.51. The molecular weight excluding hydrogens is 302 g/mol. The van der Waals surface area contributed by atoms with Gasteiger partial charge in [0.1, 0.15) is 11.6 Å². The van der Waals surface area contributed by atoms with Crippen LogP contribution in [0.15, 0.2) is 34.2 Å². The van der Waals surface area contributed by atoms with Crippen molar-refractivity contribution in [3.05, 3.63) is 45.7 Å². The number of fused-ring (bicyclic) bond motifs is 1. The van der Waals surface area contributed by atoms with Gasteiger partial charge < -0.3 is 15.4 Å². The summed E-state index contributed by atoms with van der Waals surface area (Å²) in [7, 11) is 0. The number of nitrogens with one attached hydrogen (secondary N) is 2. The number of anilines is 1. The van der Waals surface area contributed by atoms with Crippen LogP contribution in [0.1, 0.15) is 30.4 Å². The third kappa shape index (κ3) is 2.71. The van der Waals surface area contributed by atoms with E-state index in [-0.39, 0.29) is 29.6 Å². The summed E-state index contributed by atoms with van der Waals surface area (Å²) in [5.41, 5.74) is 1.03. The summed E-state index contributed by atoms with van der Waals surface area (Å²) >= 11 is 1.41. The molecule has 1 aliphatic heterocycles. The number of amides is 1. The van der Waals surface area contributed by atoms with Gasteiger partial charge in [-0.25, -0.2) is 4.98 Å². The fourth-order valence-corrected chi connectivity index (χ4v) is 3.14. The van der Waals surface area contributed by atoms with E-state index in [4.69, 9.17) is 0 Å². The number of hydrogen-bond donors (Lipinski definition) is 3. The molecule has 0 aliphatic carbocycles. The van der Waals surface area contributed by atoms with Crippen LogP contribution in [0.3, 0.4) is 0 Å². The van der Waals surface area contributed by atoms with Crippen LogP contribution < -0.4 is 10.9 Å². The number of carbonyl (C=O) groups excluding carboxylic acids is 1. The lowest BCUT2D eigenvalue weighted by molar-refractivity contribution is -0.116. The molecule has 3 N–H and O–H groups in total. The van der Waals surface area contributed by atoms with Gasteiger partial charge in [0.15, 0.2) is 5.16 Å². The largest absolute Gasteiger partial charge is 0.508 e. The minimum Gasteiger partial charge on any atom is -0.508 e. The van der Waals surface area contributed by atoms with Crippen LogP contribution in [0.5, 0.6) is 5.75 Å². The molecule has 0 radical (unpaired) electrons. The van der Waals surface area contributed by atoms with E-state index >= 15 is 0 Å². The molecule has 114 valence electrons. The quantitative estimate of drug-likeness (QED) is 0.595. The Balaban J connectivity index is 2.11. The number of rotatable bonds is 3. The Morgan fingerprint density at radius 3 is 2.73 bits per heavy atom. The smallest absolute Gasteiger partial charge is 0.257 e. The zero-order valence-electron chi connectivity index (χ0n) is 11.9. The Morgan fingerprint density at radius 1 is 1.32 bits per heavy atom. The van der Waals surface area contributed by atoms with Gasteiger partial charge >= 0.3 is 0 Å². The molecule has 0 unspecified atom stereocenters. The van der Waals surface area contributed by atoms with Crippen molar-refractivity contribution in [1.82, 2.24) is 9.97 Å². The van der Waals surface area contributed by atoms with Crippen LogP contribution >= 0.6 is 11.8 Å². The summed E-state index contributed by atoms with van der Waals surface area (Å²) in [6.07, 6.45) is 0.183. The van der Waals surface area contributed by atoms with E-state index in [1.807, 2.05) is 6.92 Å². The second-order valence-electron chi connectivity index (χ2n) is 4.96. The van der Waals surface area contributed by atoms with Gasteiger partial charge in [0.05, 0.1) is 5.56 Å². The predicted octanol–water partition coefficient (Wildman–Crippen LogP) is 2.06. The van der Waals surface area contributed by atoms with Gasteiger partial charge in [0.2, 0.25) is 5.91 Å². The number of nitrogens with zero attached hydrogens (tertiary/aromatic N) is 1. The molecule has 1 aromatic carbocycles. The van der Waals surface area contributed by atoms with Gasteiger partial charge in [-0.3, -0.25) is 9.59 Å². The van der Waals surface area contributed by atoms with Crippen molar-refractivity contribution in [1.29, 1.82) is 0 Å². The van der Waals surface area contributed by atoms with Gasteiger partial charge in [-0.15, -0.1) is 0 Å². The van der Waals surface area contributed by atoms with E-state index in [1.165, 1.54) is 11.8 Å². The molecule has 0 saturated heterocycles. The molecule has 7 heteroatoms. The van der Waals surface area contributed by atoms with Crippen LogP contribution in [0.2, 0.25) is 0 Å². The Labute approximate surface area is 131 Å². The summed E-state index contributed by atoms with van der Waals surface area (Å²) in [6, 6.07) is 6.53. The fourth-order valence-electron chi connectivity index (χ4n) is 2.55. The van der Waals surface area contributed by atoms with Gasteiger partial charge in [-0.2, -0.15) is 0 Å². The maximum Gasteiger partial charge on any atom is 0.257 e. The van der Waals surface area contributed by atoms with E-state index in [0.717, 1.165) is 11.3 Å². The Kier molecular flexibility index (Phi) is 3.89. The first-order chi connectivity index (χ1) is 10.6. The highest BCUT2D eigenvalue weighted by molar-refractivity contribution is 7.99. The Hall–Kier alpha value is -2.28. The number of phenolic OH excluding ortho intramolecular Hbond substituents is 1. The second kappa shape index (κ2) is 5.84. The van der Waals surface area contributed by atoms with Gasteiger partial charge in [0, 0.05) is 12.3 Å². The summed E-state index contributed by atoms with van der Waals surface area (Å²) in [5.74, 6) is 0.717. The van der Waals surface area contributed by atoms with Gasteiger partial charge in [0.25, 0.3) is 5.56 Å². The van der Waals surface area contributed by atoms with Crippen LogP contribution in [0.4, 0.5) is 5.82 Å². The van der Waals surface area contributed by atoms with Crippen LogP contribution in [-0.2, 0) is 4.79 Å². The molecule has 1 amide bonds. The lowest BCUT2D eigenvalue weighted by Crippen LogP contribution is -2.31. The Morgan fingerprint density at radius 2 is 2.05 bits per heavy atom. The SMILES string of the molecule is CCSc1nc2c(c(=O)[nH]1)[C@@H](c1ccc(O)cc1)CC(=O)N2. The molecule has 1 aliphatic rings. The van der Waals surface area contributed by atoms with Gasteiger partial charge in [-0.1, -0.05) is 30.8 Å². The van der Waals surface area contributed by atoms with Gasteiger partial charge in [-0.05, 0) is 23.4 Å². The van der Waals surface area contributed by atoms with E-state index in [2.05, 4.69) is 15.3 Å². The minimum atomic E-state index is -0.360. The monoisotopic (exact) mass is 317 g/mol. The fraction of sp³-hybridized carbons (Fsp3) is 0.267. The van der Waals surface area contributed by atoms with Crippen molar-refractivity contribution in [3.63, 3.8) is 0 Å². The molecule has 22 heavy (non-hydrogen) atoms. The first-order valence-electron chi connectivity index (χ1n) is 6.94. The number of benzene rings is 1. The number of thioether (sulfide) groups is 1. The minimum absolute atomic E-state index is 0.144. The number of carbonyl (C=O) groups is 1. The molecule has 6 nitrogen and oxygen atoms in total. The molecule has 1 atom stereocenters. The predicted molar refractivity (Wildman–Crippen MR) is 84.5 cm³/mol. The van der Waals surface area contributed by atoms with Crippen LogP contribution in [0, 0.1) is 0 Å². The molecule has 0 fully saturated rings. The molecule has 0 spiro atoms. The average molecular weight is 317 g/mol. The topological polar surface area (TPSA) is 95.1 Å². The van der Waals surface area contributed by atoms with Crippen molar-refractivity contribution in [2.24, 2.45) is 0 Å². The van der Waals surface area contributed by atoms with E-state index in [0.29, 0.717) is 16.5 Å². The zero-order valence-corrected chi connectivity index (χ0v) is 12.7. The lowest BCUT2D eigenvalue weighted by Gasteiger charge is -2.24. The lowest BCUT2D eigenvalue weighted by atomic mass is 9.87. The normalized spacial score (nSPS) is 17.0. The van der Waals surface area contributed by atoms with Crippen molar-refractivity contribution < 1.29 is 9.90 Å². The van der Waals surface area contributed by atoms with Crippen molar-refractivity contribution >= 4 is 23.5 Å². The van der Waals surface area contributed by atoms with Crippen molar-refractivity contribution in [2.45, 2.75) is 24.4 Å². The second-order valence-corrected chi connectivity index (χ2v) is 6.22. The maximum absolute atomic E-state index is 12.4. The number of H-pyrrole nitrogens is 1. The standard InChI is InChI=1S/C15H15N3O3S/c1-2-22-15-17-13-12(14(21)18-15)10(7-11(20)16-13)8-3-5-9(19)6-4-8/h3-6,10,19H,2,7H2,1H3,(H2,16,17,18,20,21)/t10-/m1/s1. The number of hydrogen-bond acceptors (Lipinski definition) is 5. The first kappa shape index (κ1) is 14.6. The van der Waals surface area contributed by atoms with E-state index < -0.39 is 0 Å². The highest BCUT2D eigenvalue weighted by Crippen LogP contribution is 2.34. The van der Waals surface area contributed by atoms with Crippen molar-refractivity contribution in [3.8, 4) is 5.75 Å². The number of aromatic amines is 1. The average Bonchev–Trinajstić information content (AvgIpc) is 2.47. The maximum atomic E-state index is 12.4. The third-order valence-corrected chi connectivity index (χ3v) is 4.26. The number of aromatic hydroxyl groups is 1.